The van der Waals surface area contributed by atoms with E-state index in [9.17, 15) is 13.9 Å². The molecule has 0 spiro atoms. The van der Waals surface area contributed by atoms with E-state index >= 15 is 0 Å². The molecule has 0 aliphatic heterocycles. The molecule has 6 nitrogen and oxygen atoms in total. The molecule has 0 aliphatic rings. The van der Waals surface area contributed by atoms with E-state index in [1.165, 1.54) is 18.2 Å². The molecule has 0 radical (unpaired) electrons. The number of benzene rings is 3. The summed E-state index contributed by atoms with van der Waals surface area (Å²) in [5, 5.41) is 21.6. The number of aromatic amines is 1. The summed E-state index contributed by atoms with van der Waals surface area (Å²) in [6.07, 6.45) is 0. The average molecular weight is 403 g/mol. The van der Waals surface area contributed by atoms with E-state index in [4.69, 9.17) is 0 Å². The number of anilines is 2. The summed E-state index contributed by atoms with van der Waals surface area (Å²) < 4.78 is 27.3. The SMILES string of the molecule is Oc1cccc2c(Nc3n[nH]c4ccc(F)cc34)nc(-c3ccccc3CF)nc12. The van der Waals surface area contributed by atoms with Gasteiger partial charge in [0.2, 0.25) is 0 Å². The Labute approximate surface area is 169 Å². The predicted molar refractivity (Wildman–Crippen MR) is 111 cm³/mol. The molecule has 0 aliphatic carbocycles. The number of rotatable bonds is 4. The maximum absolute atomic E-state index is 13.7. The van der Waals surface area contributed by atoms with Gasteiger partial charge in [0.15, 0.2) is 11.6 Å². The van der Waals surface area contributed by atoms with Gasteiger partial charge < -0.3 is 10.4 Å². The van der Waals surface area contributed by atoms with Gasteiger partial charge >= 0.3 is 0 Å². The third kappa shape index (κ3) is 2.98. The summed E-state index contributed by atoms with van der Waals surface area (Å²) in [6.45, 7) is -0.676. The third-order valence-electron chi connectivity index (χ3n) is 4.87. The number of phenolic OH excluding ortho intramolecular Hbond substituents is 1. The third-order valence-corrected chi connectivity index (χ3v) is 4.87. The summed E-state index contributed by atoms with van der Waals surface area (Å²) in [5.41, 5.74) is 1.92. The zero-order chi connectivity index (χ0) is 20.7. The van der Waals surface area contributed by atoms with Crippen LogP contribution in [-0.2, 0) is 6.67 Å². The lowest BCUT2D eigenvalue weighted by Gasteiger charge is -2.12. The van der Waals surface area contributed by atoms with Gasteiger partial charge in [0.1, 0.15) is 29.6 Å². The summed E-state index contributed by atoms with van der Waals surface area (Å²) in [4.78, 5) is 9.04. The van der Waals surface area contributed by atoms with Crippen molar-refractivity contribution < 1.29 is 13.9 Å². The zero-order valence-electron chi connectivity index (χ0n) is 15.5. The van der Waals surface area contributed by atoms with Crippen molar-refractivity contribution in [2.45, 2.75) is 6.67 Å². The van der Waals surface area contributed by atoms with Crippen LogP contribution in [0.25, 0.3) is 33.2 Å². The molecule has 5 aromatic rings. The average Bonchev–Trinajstić information content (AvgIpc) is 3.16. The Kier molecular flexibility index (Phi) is 4.24. The highest BCUT2D eigenvalue weighted by Gasteiger charge is 2.16. The molecule has 148 valence electrons. The lowest BCUT2D eigenvalue weighted by Crippen LogP contribution is -2.01. The molecule has 0 bridgehead atoms. The number of phenols is 1. The van der Waals surface area contributed by atoms with Gasteiger partial charge in [-0.05, 0) is 35.9 Å². The molecular formula is C22H15F2N5O. The maximum atomic E-state index is 13.7. The van der Waals surface area contributed by atoms with Crippen LogP contribution in [0, 0.1) is 5.82 Å². The Morgan fingerprint density at radius 1 is 0.933 bits per heavy atom. The summed E-state index contributed by atoms with van der Waals surface area (Å²) in [6, 6.07) is 16.1. The number of nitrogens with one attached hydrogen (secondary N) is 2. The number of hydrogen-bond donors (Lipinski definition) is 3. The minimum atomic E-state index is -0.676. The van der Waals surface area contributed by atoms with Gasteiger partial charge in [-0.3, -0.25) is 5.10 Å². The number of nitrogens with zero attached hydrogens (tertiary/aromatic N) is 3. The molecule has 2 aromatic heterocycles. The molecule has 3 N–H and O–H groups in total. The standard InChI is InChI=1S/C22H15F2N5O/c23-11-12-4-1-2-5-14(12)20-25-19-15(6-3-7-18(19)30)21(26-20)27-22-16-10-13(24)8-9-17(16)28-29-22/h1-10,30H,11H2,(H2,25,26,27,28,29). The van der Waals surface area contributed by atoms with Crippen LogP contribution in [0.15, 0.2) is 60.7 Å². The van der Waals surface area contributed by atoms with Crippen LogP contribution in [0.4, 0.5) is 20.4 Å². The minimum Gasteiger partial charge on any atom is -0.506 e. The van der Waals surface area contributed by atoms with Gasteiger partial charge in [-0.2, -0.15) is 5.10 Å². The fraction of sp³-hybridized carbons (Fsp3) is 0.0455. The fourth-order valence-electron chi connectivity index (χ4n) is 3.40. The lowest BCUT2D eigenvalue weighted by molar-refractivity contribution is 0.480. The Balaban J connectivity index is 1.72. The summed E-state index contributed by atoms with van der Waals surface area (Å²) in [7, 11) is 0. The van der Waals surface area contributed by atoms with E-state index in [-0.39, 0.29) is 11.6 Å². The van der Waals surface area contributed by atoms with Gasteiger partial charge in [0, 0.05) is 16.3 Å². The first kappa shape index (κ1) is 18.0. The number of fused-ring (bicyclic) bond motifs is 2. The van der Waals surface area contributed by atoms with Crippen LogP contribution >= 0.6 is 0 Å². The Bertz CT molecular complexity index is 1400. The second-order valence-corrected chi connectivity index (χ2v) is 6.75. The van der Waals surface area contributed by atoms with Crippen LogP contribution in [0.3, 0.4) is 0 Å². The normalized spacial score (nSPS) is 11.3. The fourth-order valence-corrected chi connectivity index (χ4v) is 3.40. The predicted octanol–water partition coefficient (Wildman–Crippen LogP) is 5.23. The van der Waals surface area contributed by atoms with Gasteiger partial charge in [0.25, 0.3) is 0 Å². The van der Waals surface area contributed by atoms with E-state index in [0.717, 1.165) is 0 Å². The maximum Gasteiger partial charge on any atom is 0.162 e. The molecule has 2 heterocycles. The van der Waals surface area contributed by atoms with Crippen molar-refractivity contribution in [2.24, 2.45) is 0 Å². The van der Waals surface area contributed by atoms with Gasteiger partial charge in [-0.15, -0.1) is 0 Å². The van der Waals surface area contributed by atoms with Crippen LogP contribution in [-0.4, -0.2) is 25.3 Å². The topological polar surface area (TPSA) is 86.7 Å². The minimum absolute atomic E-state index is 0.0325. The van der Waals surface area contributed by atoms with Crippen molar-refractivity contribution in [1.82, 2.24) is 20.2 Å². The van der Waals surface area contributed by atoms with Crippen molar-refractivity contribution in [2.75, 3.05) is 5.32 Å². The zero-order valence-corrected chi connectivity index (χ0v) is 15.5. The highest BCUT2D eigenvalue weighted by molar-refractivity contribution is 5.98. The molecule has 0 amide bonds. The molecule has 0 unspecified atom stereocenters. The number of H-pyrrole nitrogens is 1. The molecule has 0 fully saturated rings. The second kappa shape index (κ2) is 7.07. The van der Waals surface area contributed by atoms with E-state index in [1.807, 2.05) is 0 Å². The van der Waals surface area contributed by atoms with Crippen LogP contribution in [0.2, 0.25) is 0 Å². The first-order valence-corrected chi connectivity index (χ1v) is 9.18. The second-order valence-electron chi connectivity index (χ2n) is 6.75. The van der Waals surface area contributed by atoms with Crippen molar-refractivity contribution in [3.05, 3.63) is 72.0 Å². The molecule has 30 heavy (non-hydrogen) atoms. The van der Waals surface area contributed by atoms with Crippen LogP contribution in [0.5, 0.6) is 5.75 Å². The van der Waals surface area contributed by atoms with Crippen LogP contribution < -0.4 is 5.32 Å². The summed E-state index contributed by atoms with van der Waals surface area (Å²) >= 11 is 0. The van der Waals surface area contributed by atoms with Crippen LogP contribution in [0.1, 0.15) is 5.56 Å². The van der Waals surface area contributed by atoms with Crippen molar-refractivity contribution in [3.8, 4) is 17.1 Å². The highest BCUT2D eigenvalue weighted by atomic mass is 19.1. The Morgan fingerprint density at radius 2 is 1.80 bits per heavy atom. The molecule has 0 atom stereocenters. The largest absolute Gasteiger partial charge is 0.506 e. The number of aromatic hydroxyl groups is 1. The highest BCUT2D eigenvalue weighted by Crippen LogP contribution is 2.34. The van der Waals surface area contributed by atoms with Gasteiger partial charge in [-0.1, -0.05) is 30.3 Å². The molecule has 0 saturated heterocycles. The number of para-hydroxylation sites is 1. The molecule has 8 heteroatoms. The number of hydrogen-bond acceptors (Lipinski definition) is 5. The first-order chi connectivity index (χ1) is 14.6. The molecular weight excluding hydrogens is 388 g/mol. The Hall–Kier alpha value is -4.07. The van der Waals surface area contributed by atoms with E-state index in [1.54, 1.807) is 42.5 Å². The van der Waals surface area contributed by atoms with Crippen molar-refractivity contribution in [1.29, 1.82) is 0 Å². The number of halogens is 2. The molecule has 0 saturated carbocycles. The van der Waals surface area contributed by atoms with E-state index in [2.05, 4.69) is 25.5 Å². The number of alkyl halides is 1. The Morgan fingerprint density at radius 3 is 2.67 bits per heavy atom. The van der Waals surface area contributed by atoms with Gasteiger partial charge in [-0.25, -0.2) is 18.7 Å². The van der Waals surface area contributed by atoms with Crippen molar-refractivity contribution >= 4 is 33.4 Å². The summed E-state index contributed by atoms with van der Waals surface area (Å²) in [5.74, 6) is 0.560. The van der Waals surface area contributed by atoms with Crippen molar-refractivity contribution in [3.63, 3.8) is 0 Å². The monoisotopic (exact) mass is 403 g/mol. The molecule has 3 aromatic carbocycles. The quantitative estimate of drug-likeness (QED) is 0.382. The number of aromatic nitrogens is 4. The smallest absolute Gasteiger partial charge is 0.162 e. The first-order valence-electron chi connectivity index (χ1n) is 9.18. The van der Waals surface area contributed by atoms with E-state index in [0.29, 0.717) is 44.6 Å². The molecule has 5 rings (SSSR count). The van der Waals surface area contributed by atoms with E-state index < -0.39 is 12.5 Å². The lowest BCUT2D eigenvalue weighted by atomic mass is 10.1. The van der Waals surface area contributed by atoms with Gasteiger partial charge in [0.05, 0.1) is 5.52 Å².